The lowest BCUT2D eigenvalue weighted by Gasteiger charge is -2.11. The maximum absolute atomic E-state index is 12.5. The topological polar surface area (TPSA) is 101 Å². The molecule has 0 bridgehead atoms. The van der Waals surface area contributed by atoms with Gasteiger partial charge in [0.15, 0.2) is 0 Å². The highest BCUT2D eigenvalue weighted by atomic mass is 35.5. The van der Waals surface area contributed by atoms with E-state index in [-0.39, 0.29) is 16.4 Å². The van der Waals surface area contributed by atoms with Gasteiger partial charge in [-0.2, -0.15) is 0 Å². The molecule has 2 aromatic carbocycles. The fraction of sp³-hybridized carbons (Fsp3) is 0.0588. The van der Waals surface area contributed by atoms with Crippen molar-refractivity contribution in [2.45, 2.75) is 6.92 Å². The van der Waals surface area contributed by atoms with Gasteiger partial charge in [0.05, 0.1) is 15.6 Å². The highest BCUT2D eigenvalue weighted by Gasteiger charge is 2.14. The Hall–Kier alpha value is -2.90. The van der Waals surface area contributed by atoms with E-state index >= 15 is 0 Å². The summed E-state index contributed by atoms with van der Waals surface area (Å²) < 4.78 is 0. The minimum absolute atomic E-state index is 0.0935. The number of nitro benzene ring substituents is 1. The molecule has 0 heterocycles. The highest BCUT2D eigenvalue weighted by Crippen LogP contribution is 2.26. The number of carbonyl (C=O) groups is 2. The third-order valence-corrected chi connectivity index (χ3v) is 3.67. The van der Waals surface area contributed by atoms with Crippen LogP contribution in [0.15, 0.2) is 48.2 Å². The molecule has 0 aliphatic carbocycles. The van der Waals surface area contributed by atoms with E-state index in [4.69, 9.17) is 23.2 Å². The Labute approximate surface area is 158 Å². The van der Waals surface area contributed by atoms with Crippen molar-refractivity contribution in [1.82, 2.24) is 5.32 Å². The van der Waals surface area contributed by atoms with Gasteiger partial charge in [0.1, 0.15) is 5.70 Å². The standard InChI is InChI=1S/C17H13Cl2N3O4/c1-10(23)20-16(8-11-3-2-4-13(7-11)22(25)26)17(24)21-15-6-5-12(18)9-14(15)19/h2-9H,1H3,(H,20,23)(H,21,24)/b16-8-. The smallest absolute Gasteiger partial charge is 0.272 e. The van der Waals surface area contributed by atoms with Gasteiger partial charge in [-0.3, -0.25) is 19.7 Å². The zero-order chi connectivity index (χ0) is 19.3. The Morgan fingerprint density at radius 2 is 1.88 bits per heavy atom. The van der Waals surface area contributed by atoms with Crippen LogP contribution < -0.4 is 10.6 Å². The van der Waals surface area contributed by atoms with E-state index in [1.165, 1.54) is 43.3 Å². The second kappa shape index (κ2) is 8.46. The van der Waals surface area contributed by atoms with E-state index in [0.29, 0.717) is 16.3 Å². The molecule has 0 unspecified atom stereocenters. The van der Waals surface area contributed by atoms with Crippen molar-refractivity contribution in [3.05, 3.63) is 73.9 Å². The Kier molecular flexibility index (Phi) is 6.32. The molecule has 2 N–H and O–H groups in total. The van der Waals surface area contributed by atoms with Crippen molar-refractivity contribution >= 4 is 52.5 Å². The summed E-state index contributed by atoms with van der Waals surface area (Å²) in [6.45, 7) is 1.24. The van der Waals surface area contributed by atoms with Crippen LogP contribution in [0.2, 0.25) is 10.0 Å². The maximum Gasteiger partial charge on any atom is 0.272 e. The summed E-state index contributed by atoms with van der Waals surface area (Å²) >= 11 is 11.8. The van der Waals surface area contributed by atoms with E-state index in [1.807, 2.05) is 0 Å². The van der Waals surface area contributed by atoms with Crippen LogP contribution in [0, 0.1) is 10.1 Å². The molecule has 0 aliphatic rings. The number of nitrogens with one attached hydrogen (secondary N) is 2. The van der Waals surface area contributed by atoms with Crippen molar-refractivity contribution in [3.63, 3.8) is 0 Å². The second-order valence-electron chi connectivity index (χ2n) is 5.17. The molecule has 7 nitrogen and oxygen atoms in total. The minimum Gasteiger partial charge on any atom is -0.322 e. The van der Waals surface area contributed by atoms with Gasteiger partial charge in [0.25, 0.3) is 11.6 Å². The summed E-state index contributed by atoms with van der Waals surface area (Å²) in [7, 11) is 0. The molecular formula is C17H13Cl2N3O4. The van der Waals surface area contributed by atoms with Gasteiger partial charge >= 0.3 is 0 Å². The van der Waals surface area contributed by atoms with Crippen molar-refractivity contribution in [2.24, 2.45) is 0 Å². The summed E-state index contributed by atoms with van der Waals surface area (Å²) in [6, 6.07) is 10.2. The van der Waals surface area contributed by atoms with Gasteiger partial charge in [-0.1, -0.05) is 35.3 Å². The Balaban J connectivity index is 2.34. The third kappa shape index (κ3) is 5.30. The first kappa shape index (κ1) is 19.4. The predicted molar refractivity (Wildman–Crippen MR) is 100.0 cm³/mol. The molecule has 2 aromatic rings. The van der Waals surface area contributed by atoms with Crippen LogP contribution in [0.1, 0.15) is 12.5 Å². The lowest BCUT2D eigenvalue weighted by Crippen LogP contribution is -2.29. The van der Waals surface area contributed by atoms with Crippen molar-refractivity contribution in [1.29, 1.82) is 0 Å². The number of hydrogen-bond donors (Lipinski definition) is 2. The first-order chi connectivity index (χ1) is 12.3. The molecule has 0 spiro atoms. The number of nitro groups is 1. The number of nitrogens with zero attached hydrogens (tertiary/aromatic N) is 1. The number of carbonyl (C=O) groups excluding carboxylic acids is 2. The summed E-state index contributed by atoms with van der Waals surface area (Å²) in [5, 5.41) is 16.5. The van der Waals surface area contributed by atoms with E-state index in [0.717, 1.165) is 0 Å². The number of benzene rings is 2. The molecule has 0 aromatic heterocycles. The zero-order valence-electron chi connectivity index (χ0n) is 13.5. The fourth-order valence-corrected chi connectivity index (χ4v) is 2.48. The van der Waals surface area contributed by atoms with Crippen molar-refractivity contribution in [2.75, 3.05) is 5.32 Å². The van der Waals surface area contributed by atoms with Gasteiger partial charge in [-0.15, -0.1) is 0 Å². The monoisotopic (exact) mass is 393 g/mol. The molecule has 0 atom stereocenters. The van der Waals surface area contributed by atoms with Gasteiger partial charge < -0.3 is 10.6 Å². The molecular weight excluding hydrogens is 381 g/mol. The van der Waals surface area contributed by atoms with Crippen molar-refractivity contribution < 1.29 is 14.5 Å². The van der Waals surface area contributed by atoms with E-state index in [1.54, 1.807) is 12.1 Å². The highest BCUT2D eigenvalue weighted by molar-refractivity contribution is 6.36. The van der Waals surface area contributed by atoms with E-state index < -0.39 is 16.7 Å². The summed E-state index contributed by atoms with van der Waals surface area (Å²) in [4.78, 5) is 34.2. The normalized spacial score (nSPS) is 11.0. The molecule has 2 amide bonds. The van der Waals surface area contributed by atoms with Gasteiger partial charge in [0, 0.05) is 24.1 Å². The molecule has 26 heavy (non-hydrogen) atoms. The van der Waals surface area contributed by atoms with Crippen LogP contribution in [0.25, 0.3) is 6.08 Å². The number of hydrogen-bond acceptors (Lipinski definition) is 4. The van der Waals surface area contributed by atoms with Gasteiger partial charge in [-0.25, -0.2) is 0 Å². The Morgan fingerprint density at radius 3 is 2.50 bits per heavy atom. The number of halogens is 2. The quantitative estimate of drug-likeness (QED) is 0.454. The molecule has 2 rings (SSSR count). The molecule has 134 valence electrons. The van der Waals surface area contributed by atoms with Crippen LogP contribution >= 0.6 is 23.2 Å². The second-order valence-corrected chi connectivity index (χ2v) is 6.01. The predicted octanol–water partition coefficient (Wildman–Crippen LogP) is 4.02. The molecule has 0 saturated heterocycles. The lowest BCUT2D eigenvalue weighted by molar-refractivity contribution is -0.384. The van der Waals surface area contributed by atoms with Gasteiger partial charge in [0.2, 0.25) is 5.91 Å². The molecule has 9 heteroatoms. The number of rotatable bonds is 5. The zero-order valence-corrected chi connectivity index (χ0v) is 15.0. The van der Waals surface area contributed by atoms with E-state index in [2.05, 4.69) is 10.6 Å². The molecule has 0 fully saturated rings. The molecule has 0 aliphatic heterocycles. The lowest BCUT2D eigenvalue weighted by atomic mass is 10.1. The van der Waals surface area contributed by atoms with Crippen LogP contribution in [0.3, 0.4) is 0 Å². The average molecular weight is 394 g/mol. The minimum atomic E-state index is -0.643. The fourth-order valence-electron chi connectivity index (χ4n) is 2.02. The molecule has 0 saturated carbocycles. The largest absolute Gasteiger partial charge is 0.322 e. The van der Waals surface area contributed by atoms with Crippen LogP contribution in [-0.4, -0.2) is 16.7 Å². The Bertz CT molecular complexity index is 913. The molecule has 0 radical (unpaired) electrons. The Morgan fingerprint density at radius 1 is 1.15 bits per heavy atom. The summed E-state index contributed by atoms with van der Waals surface area (Å²) in [5.41, 5.74) is 0.447. The first-order valence-corrected chi connectivity index (χ1v) is 8.02. The van der Waals surface area contributed by atoms with Crippen LogP contribution in [0.4, 0.5) is 11.4 Å². The average Bonchev–Trinajstić information content (AvgIpc) is 2.56. The van der Waals surface area contributed by atoms with Crippen molar-refractivity contribution in [3.8, 4) is 0 Å². The third-order valence-electron chi connectivity index (χ3n) is 3.13. The summed E-state index contributed by atoms with van der Waals surface area (Å²) in [6.07, 6.45) is 1.33. The van der Waals surface area contributed by atoms with E-state index in [9.17, 15) is 19.7 Å². The van der Waals surface area contributed by atoms with Gasteiger partial charge in [-0.05, 0) is 29.8 Å². The SMILES string of the molecule is CC(=O)N/C(=C\c1cccc([N+](=O)[O-])c1)C(=O)Nc1ccc(Cl)cc1Cl. The van der Waals surface area contributed by atoms with Crippen LogP contribution in [-0.2, 0) is 9.59 Å². The number of non-ortho nitro benzene ring substituents is 1. The van der Waals surface area contributed by atoms with Crippen LogP contribution in [0.5, 0.6) is 0 Å². The first-order valence-electron chi connectivity index (χ1n) is 7.26. The maximum atomic E-state index is 12.5. The number of amides is 2. The summed E-state index contributed by atoms with van der Waals surface area (Å²) in [5.74, 6) is -1.12. The number of anilines is 1.